The lowest BCUT2D eigenvalue weighted by Crippen LogP contribution is -2.14. The lowest BCUT2D eigenvalue weighted by molar-refractivity contribution is -0.113. The summed E-state index contributed by atoms with van der Waals surface area (Å²) in [6.07, 6.45) is 1.52. The van der Waals surface area contributed by atoms with Gasteiger partial charge in [-0.25, -0.2) is 14.6 Å². The zero-order valence-corrected chi connectivity index (χ0v) is 17.1. The standard InChI is InChI=1S/C18H17N7OS2/c1-10-11(2)28-18-16(10)17(20-12(3)21-18)27-8-15(26)22-13-4-6-14(7-5-13)25-9-19-23-24-25/h4-7,9H,8H2,1-3H3,(H,22,26). The monoisotopic (exact) mass is 411 g/mol. The van der Waals surface area contributed by atoms with Crippen molar-refractivity contribution in [1.29, 1.82) is 0 Å². The first kappa shape index (κ1) is 18.5. The quantitative estimate of drug-likeness (QED) is 0.397. The van der Waals surface area contributed by atoms with E-state index in [9.17, 15) is 4.79 Å². The van der Waals surface area contributed by atoms with Crippen LogP contribution in [0.3, 0.4) is 0 Å². The van der Waals surface area contributed by atoms with Gasteiger partial charge in [0, 0.05) is 16.0 Å². The maximum absolute atomic E-state index is 12.4. The lowest BCUT2D eigenvalue weighted by atomic mass is 10.2. The number of aromatic nitrogens is 6. The molecule has 142 valence electrons. The summed E-state index contributed by atoms with van der Waals surface area (Å²) in [5.74, 6) is 0.901. The normalized spacial score (nSPS) is 11.1. The SMILES string of the molecule is Cc1nc(SCC(=O)Nc2ccc(-n3cnnn3)cc2)c2c(C)c(C)sc2n1. The maximum atomic E-state index is 12.4. The van der Waals surface area contributed by atoms with Gasteiger partial charge >= 0.3 is 0 Å². The van der Waals surface area contributed by atoms with Gasteiger partial charge in [-0.2, -0.15) is 0 Å². The third-order valence-corrected chi connectivity index (χ3v) is 6.29. The van der Waals surface area contributed by atoms with E-state index >= 15 is 0 Å². The van der Waals surface area contributed by atoms with Crippen LogP contribution in [0.2, 0.25) is 0 Å². The Bertz CT molecular complexity index is 1140. The summed E-state index contributed by atoms with van der Waals surface area (Å²) in [6.45, 7) is 6.03. The topological polar surface area (TPSA) is 98.5 Å². The van der Waals surface area contributed by atoms with Crippen LogP contribution in [-0.2, 0) is 4.79 Å². The van der Waals surface area contributed by atoms with Crippen molar-refractivity contribution in [2.45, 2.75) is 25.8 Å². The minimum atomic E-state index is -0.0887. The minimum absolute atomic E-state index is 0.0887. The van der Waals surface area contributed by atoms with Crippen LogP contribution in [0.1, 0.15) is 16.3 Å². The van der Waals surface area contributed by atoms with Crippen molar-refractivity contribution >= 4 is 44.9 Å². The Morgan fingerprint density at radius 1 is 1.18 bits per heavy atom. The van der Waals surface area contributed by atoms with Crippen LogP contribution in [-0.4, -0.2) is 41.8 Å². The number of benzene rings is 1. The number of thioether (sulfide) groups is 1. The molecule has 3 heterocycles. The minimum Gasteiger partial charge on any atom is -0.325 e. The van der Waals surface area contributed by atoms with E-state index in [2.05, 4.69) is 44.7 Å². The molecular formula is C18H17N7OS2. The second kappa shape index (κ2) is 7.64. The van der Waals surface area contributed by atoms with Crippen LogP contribution in [0.25, 0.3) is 15.9 Å². The smallest absolute Gasteiger partial charge is 0.234 e. The highest BCUT2D eigenvalue weighted by Crippen LogP contribution is 2.35. The van der Waals surface area contributed by atoms with Gasteiger partial charge in [0.2, 0.25) is 5.91 Å². The molecule has 0 unspecified atom stereocenters. The Labute approximate surface area is 169 Å². The molecule has 0 radical (unpaired) electrons. The number of aryl methyl sites for hydroxylation is 3. The van der Waals surface area contributed by atoms with Crippen LogP contribution in [0.15, 0.2) is 35.6 Å². The Morgan fingerprint density at radius 2 is 1.96 bits per heavy atom. The van der Waals surface area contributed by atoms with E-state index in [1.165, 1.54) is 28.5 Å². The van der Waals surface area contributed by atoms with E-state index in [0.29, 0.717) is 5.69 Å². The van der Waals surface area contributed by atoms with Gasteiger partial charge in [0.1, 0.15) is 22.0 Å². The second-order valence-electron chi connectivity index (χ2n) is 6.18. The van der Waals surface area contributed by atoms with E-state index in [4.69, 9.17) is 0 Å². The highest BCUT2D eigenvalue weighted by Gasteiger charge is 2.15. The molecule has 0 saturated heterocycles. The number of hydrogen-bond acceptors (Lipinski definition) is 8. The first-order valence-electron chi connectivity index (χ1n) is 8.51. The Kier molecular flexibility index (Phi) is 5.05. The van der Waals surface area contributed by atoms with Crippen LogP contribution in [0.5, 0.6) is 0 Å². The lowest BCUT2D eigenvalue weighted by Gasteiger charge is -2.07. The summed E-state index contributed by atoms with van der Waals surface area (Å²) < 4.78 is 1.55. The molecule has 0 bridgehead atoms. The van der Waals surface area contributed by atoms with Crippen molar-refractivity contribution in [3.05, 3.63) is 46.9 Å². The van der Waals surface area contributed by atoms with Crippen molar-refractivity contribution in [3.8, 4) is 5.69 Å². The molecule has 10 heteroatoms. The number of fused-ring (bicyclic) bond motifs is 1. The number of rotatable bonds is 5. The first-order valence-corrected chi connectivity index (χ1v) is 10.3. The summed E-state index contributed by atoms with van der Waals surface area (Å²) >= 11 is 3.10. The summed E-state index contributed by atoms with van der Waals surface area (Å²) in [5, 5.41) is 15.9. The average molecular weight is 412 g/mol. The van der Waals surface area contributed by atoms with Crippen molar-refractivity contribution < 1.29 is 4.79 Å². The molecule has 0 aliphatic carbocycles. The van der Waals surface area contributed by atoms with E-state index in [-0.39, 0.29) is 11.7 Å². The molecule has 0 fully saturated rings. The molecule has 0 aliphatic heterocycles. The number of hydrogen-bond donors (Lipinski definition) is 1. The predicted octanol–water partition coefficient (Wildman–Crippen LogP) is 3.32. The zero-order chi connectivity index (χ0) is 19.7. The Balaban J connectivity index is 1.44. The molecule has 8 nitrogen and oxygen atoms in total. The number of tetrazole rings is 1. The Hall–Kier alpha value is -2.85. The highest BCUT2D eigenvalue weighted by molar-refractivity contribution is 8.00. The second-order valence-corrected chi connectivity index (χ2v) is 8.34. The fourth-order valence-corrected chi connectivity index (χ4v) is 4.80. The van der Waals surface area contributed by atoms with E-state index in [0.717, 1.165) is 26.8 Å². The average Bonchev–Trinajstić information content (AvgIpc) is 3.29. The maximum Gasteiger partial charge on any atom is 0.234 e. The largest absolute Gasteiger partial charge is 0.325 e. The molecule has 3 aromatic heterocycles. The molecule has 0 saturated carbocycles. The van der Waals surface area contributed by atoms with Gasteiger partial charge in [-0.05, 0) is 61.0 Å². The summed E-state index contributed by atoms with van der Waals surface area (Å²) in [4.78, 5) is 23.7. The molecule has 1 aromatic carbocycles. The third-order valence-electron chi connectivity index (χ3n) is 4.21. The molecule has 4 rings (SSSR count). The number of anilines is 1. The highest BCUT2D eigenvalue weighted by atomic mass is 32.2. The molecule has 0 spiro atoms. The Morgan fingerprint density at radius 3 is 2.68 bits per heavy atom. The predicted molar refractivity (Wildman–Crippen MR) is 110 cm³/mol. The molecule has 0 atom stereocenters. The van der Waals surface area contributed by atoms with Crippen LogP contribution >= 0.6 is 23.1 Å². The summed E-state index contributed by atoms with van der Waals surface area (Å²) in [6, 6.07) is 7.32. The van der Waals surface area contributed by atoms with Gasteiger partial charge in [0.05, 0.1) is 11.4 Å². The molecule has 1 N–H and O–H groups in total. The number of nitrogens with zero attached hydrogens (tertiary/aromatic N) is 6. The fraction of sp³-hybridized carbons (Fsp3) is 0.222. The molecule has 0 aliphatic rings. The summed E-state index contributed by atoms with van der Waals surface area (Å²) in [5.41, 5.74) is 2.72. The van der Waals surface area contributed by atoms with Gasteiger partial charge < -0.3 is 5.32 Å². The molecule has 1 amide bonds. The fourth-order valence-electron chi connectivity index (χ4n) is 2.73. The summed E-state index contributed by atoms with van der Waals surface area (Å²) in [7, 11) is 0. The van der Waals surface area contributed by atoms with Gasteiger partial charge in [-0.1, -0.05) is 11.8 Å². The number of carbonyl (C=O) groups excluding carboxylic acids is 1. The number of thiophene rings is 1. The van der Waals surface area contributed by atoms with Gasteiger partial charge in [-0.15, -0.1) is 16.4 Å². The van der Waals surface area contributed by atoms with E-state index in [1.807, 2.05) is 31.2 Å². The molecule has 4 aromatic rings. The molecule has 28 heavy (non-hydrogen) atoms. The number of carbonyl (C=O) groups is 1. The number of nitrogens with one attached hydrogen (secondary N) is 1. The van der Waals surface area contributed by atoms with Crippen molar-refractivity contribution in [2.24, 2.45) is 0 Å². The van der Waals surface area contributed by atoms with E-state index in [1.54, 1.807) is 16.0 Å². The van der Waals surface area contributed by atoms with Crippen molar-refractivity contribution in [3.63, 3.8) is 0 Å². The van der Waals surface area contributed by atoms with Crippen molar-refractivity contribution in [1.82, 2.24) is 30.2 Å². The van der Waals surface area contributed by atoms with Crippen LogP contribution in [0, 0.1) is 20.8 Å². The number of amides is 1. The first-order chi connectivity index (χ1) is 13.5. The zero-order valence-electron chi connectivity index (χ0n) is 15.5. The van der Waals surface area contributed by atoms with Gasteiger partial charge in [-0.3, -0.25) is 4.79 Å². The third kappa shape index (κ3) is 3.73. The van der Waals surface area contributed by atoms with Crippen LogP contribution < -0.4 is 5.32 Å². The van der Waals surface area contributed by atoms with Crippen LogP contribution in [0.4, 0.5) is 5.69 Å². The van der Waals surface area contributed by atoms with Gasteiger partial charge in [0.25, 0.3) is 0 Å². The van der Waals surface area contributed by atoms with Gasteiger partial charge in [0.15, 0.2) is 0 Å². The van der Waals surface area contributed by atoms with Crippen molar-refractivity contribution in [2.75, 3.05) is 11.1 Å². The molecular weight excluding hydrogens is 394 g/mol. The van der Waals surface area contributed by atoms with E-state index < -0.39 is 0 Å².